The van der Waals surface area contributed by atoms with Gasteiger partial charge in [-0.05, 0) is 64.0 Å². The number of nitrogens with zero attached hydrogens (tertiary/aromatic N) is 5. The number of fused-ring (bicyclic) bond motifs is 6. The zero-order chi connectivity index (χ0) is 35.6. The Hall–Kier alpha value is -7.12. The quantitative estimate of drug-likeness (QED) is 0.180. The van der Waals surface area contributed by atoms with Crippen molar-refractivity contribution in [2.45, 2.75) is 0 Å². The largest absolute Gasteiger partial charge is 0.455 e. The lowest BCUT2D eigenvalue weighted by atomic mass is 9.97. The average molecular weight is 686 g/mol. The Morgan fingerprint density at radius 3 is 1.98 bits per heavy atom. The topological polar surface area (TPSA) is 78.7 Å². The molecule has 0 spiro atoms. The summed E-state index contributed by atoms with van der Waals surface area (Å²) in [5.74, 6) is 1.75. The summed E-state index contributed by atoms with van der Waals surface area (Å²) < 4.78 is 9.78. The number of hydrogen-bond donors (Lipinski definition) is 0. The molecular formula is C46H31N5O2. The minimum atomic E-state index is -0.0519. The van der Waals surface area contributed by atoms with E-state index in [-0.39, 0.29) is 5.69 Å². The van der Waals surface area contributed by atoms with Crippen LogP contribution in [0.1, 0.15) is 0 Å². The van der Waals surface area contributed by atoms with Crippen molar-refractivity contribution >= 4 is 43.7 Å². The van der Waals surface area contributed by atoms with Gasteiger partial charge in [0, 0.05) is 46.9 Å². The van der Waals surface area contributed by atoms with E-state index in [4.69, 9.17) is 19.4 Å². The second-order valence-corrected chi connectivity index (χ2v) is 13.4. The molecule has 0 fully saturated rings. The summed E-state index contributed by atoms with van der Waals surface area (Å²) in [5, 5.41) is 4.40. The van der Waals surface area contributed by atoms with E-state index in [9.17, 15) is 4.79 Å². The lowest BCUT2D eigenvalue weighted by Crippen LogP contribution is -2.19. The Morgan fingerprint density at radius 1 is 0.453 bits per heavy atom. The molecule has 0 saturated carbocycles. The first-order valence-corrected chi connectivity index (χ1v) is 17.5. The molecule has 3 aromatic heterocycles. The molecule has 0 bridgehead atoms. The molecule has 0 aliphatic rings. The second-order valence-electron chi connectivity index (χ2n) is 13.4. The smallest absolute Gasteiger partial charge is 0.328 e. The number of hydrogen-bond acceptors (Lipinski definition) is 5. The molecule has 0 amide bonds. The first kappa shape index (κ1) is 30.7. The van der Waals surface area contributed by atoms with Gasteiger partial charge in [-0.25, -0.2) is 19.7 Å². The van der Waals surface area contributed by atoms with Crippen LogP contribution in [0.5, 0.6) is 0 Å². The minimum absolute atomic E-state index is 0.0519. The summed E-state index contributed by atoms with van der Waals surface area (Å²) in [6.45, 7) is 0. The van der Waals surface area contributed by atoms with E-state index >= 15 is 0 Å². The monoisotopic (exact) mass is 685 g/mol. The third-order valence-corrected chi connectivity index (χ3v) is 10.2. The third kappa shape index (κ3) is 5.05. The third-order valence-electron chi connectivity index (χ3n) is 10.2. The van der Waals surface area contributed by atoms with Gasteiger partial charge in [0.25, 0.3) is 0 Å². The molecule has 252 valence electrons. The highest BCUT2D eigenvalue weighted by Gasteiger charge is 2.18. The summed E-state index contributed by atoms with van der Waals surface area (Å²) in [5.41, 5.74) is 10.2. The highest BCUT2D eigenvalue weighted by atomic mass is 16.3. The summed E-state index contributed by atoms with van der Waals surface area (Å²) in [4.78, 5) is 27.9. The predicted molar refractivity (Wildman–Crippen MR) is 214 cm³/mol. The van der Waals surface area contributed by atoms with Crippen LogP contribution in [0.4, 0.5) is 0 Å². The molecule has 3 heterocycles. The molecule has 0 atom stereocenters. The lowest BCUT2D eigenvalue weighted by Gasteiger charge is -2.13. The van der Waals surface area contributed by atoms with Gasteiger partial charge in [-0.15, -0.1) is 0 Å². The van der Waals surface area contributed by atoms with E-state index in [1.807, 2.05) is 72.8 Å². The molecule has 10 aromatic rings. The van der Waals surface area contributed by atoms with Crippen LogP contribution in [0.2, 0.25) is 0 Å². The molecule has 0 radical (unpaired) electrons. The predicted octanol–water partition coefficient (Wildman–Crippen LogP) is 10.4. The van der Waals surface area contributed by atoms with Gasteiger partial charge in [-0.3, -0.25) is 9.13 Å². The fourth-order valence-electron chi connectivity index (χ4n) is 7.47. The van der Waals surface area contributed by atoms with Gasteiger partial charge in [0.1, 0.15) is 11.2 Å². The van der Waals surface area contributed by atoms with Gasteiger partial charge in [-0.1, -0.05) is 115 Å². The van der Waals surface area contributed by atoms with E-state index in [1.165, 1.54) is 0 Å². The zero-order valence-corrected chi connectivity index (χ0v) is 29.0. The first-order valence-electron chi connectivity index (χ1n) is 17.5. The molecule has 7 nitrogen and oxygen atoms in total. The van der Waals surface area contributed by atoms with Gasteiger partial charge in [0.2, 0.25) is 0 Å². The number of aryl methyl sites for hydroxylation is 2. The summed E-state index contributed by atoms with van der Waals surface area (Å²) in [6.07, 6.45) is 0. The molecule has 0 saturated heterocycles. The highest BCUT2D eigenvalue weighted by Crippen LogP contribution is 2.39. The zero-order valence-electron chi connectivity index (χ0n) is 29.0. The number of benzene rings is 7. The molecular weight excluding hydrogens is 655 g/mol. The molecule has 7 aromatic carbocycles. The molecule has 0 unspecified atom stereocenters. The van der Waals surface area contributed by atoms with E-state index < -0.39 is 0 Å². The summed E-state index contributed by atoms with van der Waals surface area (Å²) >= 11 is 0. The number of imidazole rings is 1. The molecule has 0 aliphatic carbocycles. The van der Waals surface area contributed by atoms with E-state index in [0.717, 1.165) is 82.7 Å². The maximum absolute atomic E-state index is 12.6. The summed E-state index contributed by atoms with van der Waals surface area (Å²) in [7, 11) is 3.60. The second kappa shape index (κ2) is 12.0. The number of aromatic nitrogens is 5. The van der Waals surface area contributed by atoms with Gasteiger partial charge in [0.05, 0.1) is 11.0 Å². The van der Waals surface area contributed by atoms with E-state index in [1.54, 1.807) is 23.2 Å². The Bertz CT molecular complexity index is 3120. The number of furan rings is 1. The normalized spacial score (nSPS) is 11.7. The van der Waals surface area contributed by atoms with Crippen molar-refractivity contribution in [1.29, 1.82) is 0 Å². The Balaban J connectivity index is 1.12. The van der Waals surface area contributed by atoms with Crippen molar-refractivity contribution in [3.8, 4) is 56.4 Å². The maximum Gasteiger partial charge on any atom is 0.328 e. The van der Waals surface area contributed by atoms with Gasteiger partial charge < -0.3 is 4.42 Å². The van der Waals surface area contributed by atoms with Crippen LogP contribution < -0.4 is 5.69 Å². The van der Waals surface area contributed by atoms with Crippen LogP contribution in [0.15, 0.2) is 161 Å². The van der Waals surface area contributed by atoms with Crippen LogP contribution in [0.3, 0.4) is 0 Å². The van der Waals surface area contributed by atoms with Crippen LogP contribution in [-0.2, 0) is 14.1 Å². The van der Waals surface area contributed by atoms with Gasteiger partial charge in [-0.2, -0.15) is 0 Å². The van der Waals surface area contributed by atoms with Crippen molar-refractivity contribution < 1.29 is 4.42 Å². The fraction of sp³-hybridized carbons (Fsp3) is 0.0435. The van der Waals surface area contributed by atoms with Gasteiger partial charge in [0.15, 0.2) is 17.5 Å². The molecule has 10 rings (SSSR count). The molecule has 0 aliphatic heterocycles. The summed E-state index contributed by atoms with van der Waals surface area (Å²) in [6, 6.07) is 51.6. The van der Waals surface area contributed by atoms with Crippen LogP contribution in [0.25, 0.3) is 100 Å². The Labute approximate surface area is 304 Å². The lowest BCUT2D eigenvalue weighted by molar-refractivity contribution is 0.672. The Kier molecular flexibility index (Phi) is 6.94. The van der Waals surface area contributed by atoms with Crippen molar-refractivity contribution in [3.63, 3.8) is 0 Å². The van der Waals surface area contributed by atoms with Crippen molar-refractivity contribution in [2.75, 3.05) is 0 Å². The van der Waals surface area contributed by atoms with Crippen molar-refractivity contribution in [3.05, 3.63) is 162 Å². The van der Waals surface area contributed by atoms with Gasteiger partial charge >= 0.3 is 5.69 Å². The van der Waals surface area contributed by atoms with Crippen LogP contribution in [0, 0.1) is 0 Å². The molecule has 53 heavy (non-hydrogen) atoms. The SMILES string of the molecule is Cn1c(=O)n(C)c2cc(-c3cccc(-c4nc(-c5ccccc5)nc(-c5ccccc5-c5ccc6oc7c8ccccc8ccc7c6c5)n4)c3)ccc21. The van der Waals surface area contributed by atoms with Crippen molar-refractivity contribution in [2.24, 2.45) is 14.1 Å². The number of rotatable bonds is 5. The standard InChI is InChI=1S/C46H31N5O2/c1-50-39-23-20-31(27-40(39)51(2)46(50)52)30-14-10-15-33(25-30)44-47-43(29-12-4-3-5-13-29)48-45(49-44)37-18-9-8-16-34(37)32-21-24-41-38(26-32)36-22-19-28-11-6-7-17-35(28)42(36)53-41/h3-27H,1-2H3. The molecule has 0 N–H and O–H groups in total. The van der Waals surface area contributed by atoms with E-state index in [2.05, 4.69) is 78.9 Å². The average Bonchev–Trinajstić information content (AvgIpc) is 3.71. The molecule has 7 heteroatoms. The Morgan fingerprint density at radius 2 is 1.11 bits per heavy atom. The first-order chi connectivity index (χ1) is 26.0. The fourth-order valence-corrected chi connectivity index (χ4v) is 7.47. The van der Waals surface area contributed by atoms with Crippen molar-refractivity contribution in [1.82, 2.24) is 24.1 Å². The van der Waals surface area contributed by atoms with Crippen LogP contribution >= 0.6 is 0 Å². The highest BCUT2D eigenvalue weighted by molar-refractivity contribution is 6.15. The minimum Gasteiger partial charge on any atom is -0.455 e. The van der Waals surface area contributed by atoms with E-state index in [0.29, 0.717) is 17.5 Å². The maximum atomic E-state index is 12.6. The van der Waals surface area contributed by atoms with Crippen LogP contribution in [-0.4, -0.2) is 24.1 Å².